The molecule has 0 saturated heterocycles. The molecule has 10 nitrogen and oxygen atoms in total. The normalized spacial score (nSPS) is 13.3. The third-order valence-electron chi connectivity index (χ3n) is 4.50. The fourth-order valence-corrected chi connectivity index (χ4v) is 4.57. The van der Waals surface area contributed by atoms with Gasteiger partial charge in [-0.3, -0.25) is 4.79 Å². The van der Waals surface area contributed by atoms with E-state index in [4.69, 9.17) is 12.2 Å². The van der Waals surface area contributed by atoms with Crippen molar-refractivity contribution in [3.8, 4) is 0 Å². The Hall–Kier alpha value is -0.840. The molecule has 0 heterocycles. The Bertz CT molecular complexity index is 1360. The van der Waals surface area contributed by atoms with Crippen LogP contribution in [0.15, 0.2) is 46.2 Å². The molecule has 0 aromatic heterocycles. The van der Waals surface area contributed by atoms with E-state index < -0.39 is 35.9 Å². The van der Waals surface area contributed by atoms with Gasteiger partial charge in [-0.1, -0.05) is 24.3 Å². The van der Waals surface area contributed by atoms with Crippen LogP contribution in [0.3, 0.4) is 0 Å². The molecule has 1 aliphatic rings. The molecule has 3 rings (SSSR count). The number of carbonyl (C=O) groups is 1. The van der Waals surface area contributed by atoms with E-state index in [0.717, 1.165) is 25.0 Å². The van der Waals surface area contributed by atoms with Crippen LogP contribution in [0.4, 0.5) is 11.4 Å². The number of hydrogen-bond donors (Lipinski definition) is 3. The first-order chi connectivity index (χ1) is 15.3. The smallest absolute Gasteiger partial charge is 0.744 e. The van der Waals surface area contributed by atoms with Crippen molar-refractivity contribution in [2.75, 3.05) is 10.6 Å². The quantitative estimate of drug-likeness (QED) is 0.133. The standard InChI is InChI=1S/C20H21N3O7S3.2Na/c1-12(24)21-16-6-4-13(18(10-16)32(25,26)27)2-3-14-5-7-17(11-19(14)33(28,29)30)23-20(31)22-15-8-9-15;;/h2-7,10-11,15H,8-9H2,1H3,(H,21,24)(H2,22,23,31)(H,25,26,27)(H,28,29,30);;/q;2*+1/p-2. The third-order valence-corrected chi connectivity index (χ3v) is 6.50. The second-order valence-electron chi connectivity index (χ2n) is 7.30. The van der Waals surface area contributed by atoms with Crippen molar-refractivity contribution in [3.63, 3.8) is 0 Å². The minimum atomic E-state index is -4.92. The summed E-state index contributed by atoms with van der Waals surface area (Å²) in [5.41, 5.74) is 0.312. The van der Waals surface area contributed by atoms with Crippen molar-refractivity contribution in [1.82, 2.24) is 5.32 Å². The van der Waals surface area contributed by atoms with Gasteiger partial charge in [-0.25, -0.2) is 16.8 Å². The molecular weight excluding hydrogens is 536 g/mol. The van der Waals surface area contributed by atoms with Gasteiger partial charge in [-0.2, -0.15) is 0 Å². The second kappa shape index (κ2) is 13.1. The topological polar surface area (TPSA) is 168 Å². The molecule has 0 unspecified atom stereocenters. The Morgan fingerprint density at radius 2 is 1.31 bits per heavy atom. The summed E-state index contributed by atoms with van der Waals surface area (Å²) in [6.07, 6.45) is 4.37. The Labute approximate surface area is 253 Å². The summed E-state index contributed by atoms with van der Waals surface area (Å²) in [5.74, 6) is -0.460. The SMILES string of the molecule is CC(=O)Nc1ccc(C=Cc2ccc(NC(=S)NC3CC3)cc2S(=O)(=O)[O-])c(S(=O)(=O)[O-])c1.[Na+].[Na+]. The molecule has 2 aromatic carbocycles. The molecule has 1 fully saturated rings. The number of benzene rings is 2. The van der Waals surface area contributed by atoms with E-state index in [1.807, 2.05) is 0 Å². The van der Waals surface area contributed by atoms with Gasteiger partial charge in [0.1, 0.15) is 20.2 Å². The zero-order valence-electron chi connectivity index (χ0n) is 19.2. The summed E-state index contributed by atoms with van der Waals surface area (Å²) in [6.45, 7) is 1.22. The van der Waals surface area contributed by atoms with Crippen LogP contribution in [-0.4, -0.2) is 43.0 Å². The first kappa shape index (κ1) is 32.2. The molecule has 0 spiro atoms. The van der Waals surface area contributed by atoms with Crippen LogP contribution in [0.2, 0.25) is 0 Å². The summed E-state index contributed by atoms with van der Waals surface area (Å²) >= 11 is 5.15. The van der Waals surface area contributed by atoms with Gasteiger partial charge >= 0.3 is 59.1 Å². The maximum Gasteiger partial charge on any atom is 1.00 e. The van der Waals surface area contributed by atoms with E-state index in [-0.39, 0.29) is 87.7 Å². The van der Waals surface area contributed by atoms with Gasteiger partial charge in [-0.05, 0) is 60.5 Å². The molecule has 15 heteroatoms. The van der Waals surface area contributed by atoms with E-state index in [1.54, 1.807) is 0 Å². The molecule has 0 aliphatic heterocycles. The molecule has 1 aliphatic carbocycles. The molecule has 0 atom stereocenters. The number of rotatable bonds is 7. The first-order valence-corrected chi connectivity index (χ1v) is 12.8. The molecular formula is C20H19N3Na2O7S3. The Balaban J connectivity index is 0.00000306. The summed E-state index contributed by atoms with van der Waals surface area (Å²) in [5, 5.41) is 8.51. The van der Waals surface area contributed by atoms with Crippen molar-refractivity contribution < 1.29 is 89.9 Å². The Morgan fingerprint density at radius 3 is 1.69 bits per heavy atom. The fraction of sp³-hybridized carbons (Fsp3) is 0.200. The van der Waals surface area contributed by atoms with Crippen LogP contribution < -0.4 is 75.1 Å². The monoisotopic (exact) mass is 555 g/mol. The van der Waals surface area contributed by atoms with Crippen molar-refractivity contribution in [2.45, 2.75) is 35.6 Å². The Morgan fingerprint density at radius 1 is 0.886 bits per heavy atom. The van der Waals surface area contributed by atoms with Gasteiger partial charge < -0.3 is 25.1 Å². The van der Waals surface area contributed by atoms with Gasteiger partial charge in [0.05, 0.1) is 9.79 Å². The maximum absolute atomic E-state index is 11.8. The number of hydrogen-bond acceptors (Lipinski definition) is 8. The minimum Gasteiger partial charge on any atom is -0.744 e. The number of thiocarbonyl (C=S) groups is 1. The van der Waals surface area contributed by atoms with Gasteiger partial charge in [0.25, 0.3) is 0 Å². The van der Waals surface area contributed by atoms with E-state index in [0.29, 0.717) is 5.11 Å². The van der Waals surface area contributed by atoms with Crippen LogP contribution in [0.5, 0.6) is 0 Å². The summed E-state index contributed by atoms with van der Waals surface area (Å²) in [4.78, 5) is 10.0. The zero-order chi connectivity index (χ0) is 24.4. The largest absolute Gasteiger partial charge is 1.00 e. The number of amides is 1. The summed E-state index contributed by atoms with van der Waals surface area (Å²) < 4.78 is 70.5. The van der Waals surface area contributed by atoms with Crippen molar-refractivity contribution in [2.24, 2.45) is 0 Å². The van der Waals surface area contributed by atoms with Gasteiger partial charge in [0.15, 0.2) is 5.11 Å². The first-order valence-electron chi connectivity index (χ1n) is 9.56. The van der Waals surface area contributed by atoms with E-state index in [2.05, 4.69) is 16.0 Å². The van der Waals surface area contributed by atoms with E-state index >= 15 is 0 Å². The molecule has 1 saturated carbocycles. The average molecular weight is 556 g/mol. The maximum atomic E-state index is 11.8. The fourth-order valence-electron chi connectivity index (χ4n) is 2.90. The predicted molar refractivity (Wildman–Crippen MR) is 124 cm³/mol. The van der Waals surface area contributed by atoms with Crippen LogP contribution in [0, 0.1) is 0 Å². The molecule has 35 heavy (non-hydrogen) atoms. The molecule has 0 bridgehead atoms. The van der Waals surface area contributed by atoms with E-state index in [9.17, 15) is 30.7 Å². The summed E-state index contributed by atoms with van der Waals surface area (Å²) in [6, 6.07) is 7.89. The van der Waals surface area contributed by atoms with Crippen LogP contribution in [0.1, 0.15) is 30.9 Å². The van der Waals surface area contributed by atoms with Crippen molar-refractivity contribution >= 4 is 67.0 Å². The average Bonchev–Trinajstić information content (AvgIpc) is 3.49. The van der Waals surface area contributed by atoms with Gasteiger partial charge in [0.2, 0.25) is 5.91 Å². The van der Waals surface area contributed by atoms with Crippen LogP contribution >= 0.6 is 12.2 Å². The molecule has 3 N–H and O–H groups in total. The molecule has 1 amide bonds. The minimum absolute atomic E-state index is 0. The second-order valence-corrected chi connectivity index (χ2v) is 10.4. The predicted octanol–water partition coefficient (Wildman–Crippen LogP) is -3.92. The van der Waals surface area contributed by atoms with Crippen LogP contribution in [-0.2, 0) is 25.0 Å². The molecule has 0 radical (unpaired) electrons. The van der Waals surface area contributed by atoms with Crippen molar-refractivity contribution in [3.05, 3.63) is 47.5 Å². The van der Waals surface area contributed by atoms with Crippen molar-refractivity contribution in [1.29, 1.82) is 0 Å². The number of anilines is 2. The number of nitrogens with one attached hydrogen (secondary N) is 3. The van der Waals surface area contributed by atoms with Gasteiger partial charge in [-0.15, -0.1) is 0 Å². The number of carbonyl (C=O) groups excluding carboxylic acids is 1. The van der Waals surface area contributed by atoms with E-state index in [1.165, 1.54) is 43.3 Å². The third kappa shape index (κ3) is 9.85. The van der Waals surface area contributed by atoms with Crippen LogP contribution in [0.25, 0.3) is 12.2 Å². The van der Waals surface area contributed by atoms with Gasteiger partial charge in [0, 0.05) is 24.3 Å². The molecule has 176 valence electrons. The zero-order valence-corrected chi connectivity index (χ0v) is 25.6. The summed E-state index contributed by atoms with van der Waals surface area (Å²) in [7, 11) is -9.82. The Kier molecular flexibility index (Phi) is 12.1. The molecule has 2 aromatic rings.